The summed E-state index contributed by atoms with van der Waals surface area (Å²) < 4.78 is 4.00. The van der Waals surface area contributed by atoms with Gasteiger partial charge in [0.15, 0.2) is 5.96 Å². The zero-order valence-electron chi connectivity index (χ0n) is 14.2. The summed E-state index contributed by atoms with van der Waals surface area (Å²) in [5.74, 6) is 0.787. The largest absolute Gasteiger partial charge is 0.355 e. The molecule has 0 amide bonds. The van der Waals surface area contributed by atoms with Crippen LogP contribution in [0.4, 0.5) is 0 Å². The van der Waals surface area contributed by atoms with E-state index >= 15 is 0 Å². The molecule has 0 fully saturated rings. The molecule has 0 aliphatic rings. The van der Waals surface area contributed by atoms with Crippen molar-refractivity contribution in [3.63, 3.8) is 0 Å². The molecular formula is C18H23IN6. The summed E-state index contributed by atoms with van der Waals surface area (Å²) in [6.07, 6.45) is 7.99. The Morgan fingerprint density at radius 1 is 1.08 bits per heavy atom. The van der Waals surface area contributed by atoms with Crippen LogP contribution in [0.25, 0.3) is 5.69 Å². The van der Waals surface area contributed by atoms with Crippen LogP contribution in [0, 0.1) is 0 Å². The van der Waals surface area contributed by atoms with Crippen LogP contribution in [0.1, 0.15) is 5.56 Å². The van der Waals surface area contributed by atoms with Crippen molar-refractivity contribution < 1.29 is 0 Å². The normalized spacial score (nSPS) is 11.0. The third kappa shape index (κ3) is 5.63. The fourth-order valence-corrected chi connectivity index (χ4v) is 2.40. The van der Waals surface area contributed by atoms with Crippen molar-refractivity contribution in [2.24, 2.45) is 4.99 Å². The molecule has 0 spiro atoms. The zero-order chi connectivity index (χ0) is 16.6. The fourth-order valence-electron chi connectivity index (χ4n) is 2.40. The Kier molecular flexibility index (Phi) is 7.52. The Morgan fingerprint density at radius 2 is 1.84 bits per heavy atom. The molecule has 7 heteroatoms. The third-order valence-electron chi connectivity index (χ3n) is 3.67. The smallest absolute Gasteiger partial charge is 0.191 e. The van der Waals surface area contributed by atoms with Crippen molar-refractivity contribution in [2.45, 2.75) is 13.1 Å². The highest BCUT2D eigenvalue weighted by molar-refractivity contribution is 14.0. The minimum Gasteiger partial charge on any atom is -0.355 e. The van der Waals surface area contributed by atoms with Crippen molar-refractivity contribution >= 4 is 29.9 Å². The van der Waals surface area contributed by atoms with E-state index in [1.54, 1.807) is 7.05 Å². The molecule has 0 aliphatic heterocycles. The lowest BCUT2D eigenvalue weighted by molar-refractivity contribution is 0.665. The first kappa shape index (κ1) is 19.0. The van der Waals surface area contributed by atoms with Crippen LogP contribution in [0.5, 0.6) is 0 Å². The van der Waals surface area contributed by atoms with Gasteiger partial charge >= 0.3 is 0 Å². The maximum absolute atomic E-state index is 4.40. The van der Waals surface area contributed by atoms with Crippen LogP contribution in [0.3, 0.4) is 0 Å². The number of aliphatic imine (C=N–C) groups is 1. The highest BCUT2D eigenvalue weighted by Gasteiger charge is 2.02. The van der Waals surface area contributed by atoms with E-state index in [0.29, 0.717) is 6.54 Å². The molecule has 2 aromatic heterocycles. The van der Waals surface area contributed by atoms with Crippen molar-refractivity contribution in [3.8, 4) is 5.69 Å². The molecule has 1 aromatic carbocycles. The van der Waals surface area contributed by atoms with Gasteiger partial charge in [0.25, 0.3) is 0 Å². The van der Waals surface area contributed by atoms with E-state index in [1.165, 1.54) is 0 Å². The highest BCUT2D eigenvalue weighted by atomic mass is 127. The monoisotopic (exact) mass is 450 g/mol. The number of guanidine groups is 1. The van der Waals surface area contributed by atoms with Crippen LogP contribution in [-0.4, -0.2) is 33.9 Å². The lowest BCUT2D eigenvalue weighted by Gasteiger charge is -2.11. The summed E-state index contributed by atoms with van der Waals surface area (Å²) >= 11 is 0. The molecule has 0 saturated carbocycles. The van der Waals surface area contributed by atoms with E-state index in [2.05, 4.69) is 37.7 Å². The van der Waals surface area contributed by atoms with Crippen molar-refractivity contribution in [3.05, 3.63) is 72.8 Å². The first-order valence-corrected chi connectivity index (χ1v) is 7.99. The average molecular weight is 450 g/mol. The topological polar surface area (TPSA) is 59.2 Å². The van der Waals surface area contributed by atoms with Gasteiger partial charge in [-0.25, -0.2) is 4.68 Å². The SMILES string of the molecule is CN=C(NCCn1cccc1)NCc1cnn(-c2ccccc2)c1.I. The van der Waals surface area contributed by atoms with Gasteiger partial charge in [-0.2, -0.15) is 5.10 Å². The Hall–Kier alpha value is -2.29. The van der Waals surface area contributed by atoms with Crippen molar-refractivity contribution in [1.82, 2.24) is 25.0 Å². The van der Waals surface area contributed by atoms with Gasteiger partial charge in [0.1, 0.15) is 0 Å². The standard InChI is InChI=1S/C18H22N6.HI/c1-19-18(20-9-12-23-10-5-6-11-23)21-13-16-14-22-24(15-16)17-7-3-2-4-8-17;/h2-8,10-11,14-15H,9,12-13H2,1H3,(H2,19,20,21);1H. The number of halogens is 1. The first-order valence-electron chi connectivity index (χ1n) is 7.99. The fraction of sp³-hybridized carbons (Fsp3) is 0.222. The molecule has 0 aliphatic carbocycles. The Balaban J connectivity index is 0.00000225. The number of benzene rings is 1. The molecule has 0 bridgehead atoms. The zero-order valence-corrected chi connectivity index (χ0v) is 16.5. The molecule has 3 aromatic rings. The van der Waals surface area contributed by atoms with Gasteiger partial charge < -0.3 is 15.2 Å². The molecule has 132 valence electrons. The molecule has 0 saturated heterocycles. The molecule has 2 N–H and O–H groups in total. The average Bonchev–Trinajstić information content (AvgIpc) is 3.30. The molecule has 25 heavy (non-hydrogen) atoms. The van der Waals surface area contributed by atoms with Crippen LogP contribution in [0.15, 0.2) is 72.2 Å². The van der Waals surface area contributed by atoms with Crippen molar-refractivity contribution in [2.75, 3.05) is 13.6 Å². The minimum atomic E-state index is 0. The molecule has 6 nitrogen and oxygen atoms in total. The maximum Gasteiger partial charge on any atom is 0.191 e. The third-order valence-corrected chi connectivity index (χ3v) is 3.67. The quantitative estimate of drug-likeness (QED) is 0.345. The number of hydrogen-bond acceptors (Lipinski definition) is 2. The van der Waals surface area contributed by atoms with Gasteiger partial charge in [-0.15, -0.1) is 24.0 Å². The van der Waals surface area contributed by atoms with Gasteiger partial charge in [-0.05, 0) is 24.3 Å². The van der Waals surface area contributed by atoms with Crippen LogP contribution >= 0.6 is 24.0 Å². The van der Waals surface area contributed by atoms with Gasteiger partial charge in [0.05, 0.1) is 11.9 Å². The molecule has 3 rings (SSSR count). The van der Waals surface area contributed by atoms with Crippen molar-refractivity contribution in [1.29, 1.82) is 0 Å². The Morgan fingerprint density at radius 3 is 2.56 bits per heavy atom. The second kappa shape index (κ2) is 9.87. The lowest BCUT2D eigenvalue weighted by atomic mass is 10.3. The van der Waals surface area contributed by atoms with E-state index in [0.717, 1.165) is 30.3 Å². The number of rotatable bonds is 6. The molecule has 0 atom stereocenters. The Labute approximate surface area is 165 Å². The highest BCUT2D eigenvalue weighted by Crippen LogP contribution is 2.07. The van der Waals surface area contributed by atoms with E-state index in [4.69, 9.17) is 0 Å². The maximum atomic E-state index is 4.40. The van der Waals surface area contributed by atoms with E-state index in [9.17, 15) is 0 Å². The van der Waals surface area contributed by atoms with Crippen LogP contribution in [-0.2, 0) is 13.1 Å². The lowest BCUT2D eigenvalue weighted by Crippen LogP contribution is -2.38. The summed E-state index contributed by atoms with van der Waals surface area (Å²) in [5, 5.41) is 11.0. The second-order valence-corrected chi connectivity index (χ2v) is 5.40. The van der Waals surface area contributed by atoms with E-state index in [-0.39, 0.29) is 24.0 Å². The van der Waals surface area contributed by atoms with Crippen LogP contribution < -0.4 is 10.6 Å². The summed E-state index contributed by atoms with van der Waals surface area (Å²) in [6, 6.07) is 14.1. The van der Waals surface area contributed by atoms with Gasteiger partial charge in [0.2, 0.25) is 0 Å². The molecule has 2 heterocycles. The Bertz CT molecular complexity index is 764. The van der Waals surface area contributed by atoms with E-state index in [1.807, 2.05) is 59.5 Å². The van der Waals surface area contributed by atoms with Gasteiger partial charge in [-0.1, -0.05) is 18.2 Å². The summed E-state index contributed by atoms with van der Waals surface area (Å²) in [7, 11) is 1.78. The minimum absolute atomic E-state index is 0. The number of nitrogens with one attached hydrogen (secondary N) is 2. The summed E-state index contributed by atoms with van der Waals surface area (Å²) in [5.41, 5.74) is 2.16. The van der Waals surface area contributed by atoms with Gasteiger partial charge in [-0.3, -0.25) is 4.99 Å². The summed E-state index contributed by atoms with van der Waals surface area (Å²) in [4.78, 5) is 4.24. The number of para-hydroxylation sites is 1. The molecular weight excluding hydrogens is 427 g/mol. The number of hydrogen-bond donors (Lipinski definition) is 2. The summed E-state index contributed by atoms with van der Waals surface area (Å²) in [6.45, 7) is 2.40. The van der Waals surface area contributed by atoms with Crippen LogP contribution in [0.2, 0.25) is 0 Å². The number of nitrogens with zero attached hydrogens (tertiary/aromatic N) is 4. The molecule has 0 radical (unpaired) electrons. The molecule has 0 unspecified atom stereocenters. The predicted octanol–water partition coefficient (Wildman–Crippen LogP) is 2.66. The number of aromatic nitrogens is 3. The van der Waals surface area contributed by atoms with Gasteiger partial charge in [0, 0.05) is 50.8 Å². The van der Waals surface area contributed by atoms with E-state index < -0.39 is 0 Å². The second-order valence-electron chi connectivity index (χ2n) is 5.40. The predicted molar refractivity (Wildman–Crippen MR) is 112 cm³/mol. The first-order chi connectivity index (χ1) is 11.8.